The molecule has 0 spiro atoms. The third kappa shape index (κ3) is 5.61. The Morgan fingerprint density at radius 2 is 2.08 bits per heavy atom. The minimum absolute atomic E-state index is 0.142. The van der Waals surface area contributed by atoms with E-state index in [9.17, 15) is 14.0 Å². The summed E-state index contributed by atoms with van der Waals surface area (Å²) in [5, 5.41) is 0. The largest absolute Gasteiger partial charge is 0.492 e. The third-order valence-electron chi connectivity index (χ3n) is 4.03. The summed E-state index contributed by atoms with van der Waals surface area (Å²) in [5.74, 6) is -0.0933. The lowest BCUT2D eigenvalue weighted by Gasteiger charge is -2.30. The second-order valence-corrected chi connectivity index (χ2v) is 7.40. The molecule has 1 aromatic rings. The first-order valence-electron chi connectivity index (χ1n) is 8.80. The van der Waals surface area contributed by atoms with E-state index < -0.39 is 17.7 Å². The minimum Gasteiger partial charge on any atom is -0.492 e. The summed E-state index contributed by atoms with van der Waals surface area (Å²) in [6.45, 7) is 6.49. The number of amides is 2. The first-order chi connectivity index (χ1) is 12.2. The highest BCUT2D eigenvalue weighted by Gasteiger charge is 2.37. The molecule has 0 aromatic heterocycles. The van der Waals surface area contributed by atoms with Crippen LogP contribution in [-0.2, 0) is 9.53 Å². The lowest BCUT2D eigenvalue weighted by atomic mass is 10.2. The Hall–Kier alpha value is -2.31. The van der Waals surface area contributed by atoms with Gasteiger partial charge in [0.1, 0.15) is 29.8 Å². The Kier molecular flexibility index (Phi) is 6.45. The highest BCUT2D eigenvalue weighted by Crippen LogP contribution is 2.22. The van der Waals surface area contributed by atoms with Gasteiger partial charge >= 0.3 is 6.09 Å². The van der Waals surface area contributed by atoms with E-state index in [2.05, 4.69) is 0 Å². The molecule has 144 valence electrons. The number of rotatable bonds is 5. The van der Waals surface area contributed by atoms with Crippen LogP contribution in [0.2, 0.25) is 0 Å². The Morgan fingerprint density at radius 3 is 2.73 bits per heavy atom. The van der Waals surface area contributed by atoms with Crippen molar-refractivity contribution in [2.24, 2.45) is 0 Å². The monoisotopic (exact) mass is 366 g/mol. The van der Waals surface area contributed by atoms with Crippen molar-refractivity contribution in [3.63, 3.8) is 0 Å². The standard InChI is InChI=1S/C19H27FN2O4/c1-19(2,3)26-18(24)22-10-6-9-16(22)17(23)21(4)11-12-25-15-8-5-7-14(20)13-15/h5,7-8,13,16H,6,9-12H2,1-4H3. The molecule has 0 N–H and O–H groups in total. The molecule has 1 aliphatic heterocycles. The maximum Gasteiger partial charge on any atom is 0.410 e. The second kappa shape index (κ2) is 8.38. The molecule has 1 heterocycles. The van der Waals surface area contributed by atoms with E-state index in [0.717, 1.165) is 6.42 Å². The van der Waals surface area contributed by atoms with Gasteiger partial charge in [-0.05, 0) is 45.7 Å². The zero-order chi connectivity index (χ0) is 19.3. The molecule has 1 atom stereocenters. The summed E-state index contributed by atoms with van der Waals surface area (Å²) in [5.41, 5.74) is -0.599. The van der Waals surface area contributed by atoms with Crippen LogP contribution in [0, 0.1) is 5.82 Å². The average Bonchev–Trinajstić information content (AvgIpc) is 3.02. The zero-order valence-corrected chi connectivity index (χ0v) is 15.8. The van der Waals surface area contributed by atoms with Gasteiger partial charge in [0.15, 0.2) is 0 Å². The van der Waals surface area contributed by atoms with Crippen LogP contribution in [0.25, 0.3) is 0 Å². The molecule has 0 aliphatic carbocycles. The fourth-order valence-electron chi connectivity index (χ4n) is 2.78. The van der Waals surface area contributed by atoms with Gasteiger partial charge in [-0.1, -0.05) is 6.07 Å². The van der Waals surface area contributed by atoms with Crippen molar-refractivity contribution in [3.05, 3.63) is 30.1 Å². The summed E-state index contributed by atoms with van der Waals surface area (Å²) < 4.78 is 24.0. The number of carbonyl (C=O) groups excluding carboxylic acids is 2. The molecular formula is C19H27FN2O4. The molecule has 0 radical (unpaired) electrons. The van der Waals surface area contributed by atoms with E-state index in [1.165, 1.54) is 21.9 Å². The minimum atomic E-state index is -0.599. The van der Waals surface area contributed by atoms with E-state index in [1.54, 1.807) is 40.0 Å². The van der Waals surface area contributed by atoms with Crippen molar-refractivity contribution >= 4 is 12.0 Å². The molecule has 1 aliphatic rings. The van der Waals surface area contributed by atoms with Crippen LogP contribution in [0.1, 0.15) is 33.6 Å². The van der Waals surface area contributed by atoms with Crippen molar-refractivity contribution in [2.75, 3.05) is 26.7 Å². The number of likely N-dealkylation sites (tertiary alicyclic amines) is 1. The summed E-state index contributed by atoms with van der Waals surface area (Å²) in [4.78, 5) is 28.0. The van der Waals surface area contributed by atoms with Crippen LogP contribution in [0.4, 0.5) is 9.18 Å². The van der Waals surface area contributed by atoms with Gasteiger partial charge in [-0.25, -0.2) is 9.18 Å². The van der Waals surface area contributed by atoms with Gasteiger partial charge in [0.05, 0.1) is 6.54 Å². The maximum atomic E-state index is 13.1. The molecule has 0 saturated carbocycles. The number of hydrogen-bond donors (Lipinski definition) is 0. The Morgan fingerprint density at radius 1 is 1.35 bits per heavy atom. The average molecular weight is 366 g/mol. The highest BCUT2D eigenvalue weighted by atomic mass is 19.1. The van der Waals surface area contributed by atoms with Crippen LogP contribution < -0.4 is 4.74 Å². The van der Waals surface area contributed by atoms with Crippen LogP contribution in [0.3, 0.4) is 0 Å². The van der Waals surface area contributed by atoms with Crippen molar-refractivity contribution in [1.82, 2.24) is 9.80 Å². The Labute approximate surface area is 153 Å². The summed E-state index contributed by atoms with van der Waals surface area (Å²) >= 11 is 0. The maximum absolute atomic E-state index is 13.1. The summed E-state index contributed by atoms with van der Waals surface area (Å²) in [7, 11) is 1.67. The van der Waals surface area contributed by atoms with Crippen LogP contribution >= 0.6 is 0 Å². The first-order valence-corrected chi connectivity index (χ1v) is 8.80. The number of nitrogens with zero attached hydrogens (tertiary/aromatic N) is 2. The highest BCUT2D eigenvalue weighted by molar-refractivity contribution is 5.86. The third-order valence-corrected chi connectivity index (χ3v) is 4.03. The van der Waals surface area contributed by atoms with E-state index >= 15 is 0 Å². The van der Waals surface area contributed by atoms with Crippen LogP contribution in [0.15, 0.2) is 24.3 Å². The van der Waals surface area contributed by atoms with Gasteiger partial charge in [-0.3, -0.25) is 9.69 Å². The number of likely N-dealkylation sites (N-methyl/N-ethyl adjacent to an activating group) is 1. The van der Waals surface area contributed by atoms with Gasteiger partial charge in [0.2, 0.25) is 5.91 Å². The zero-order valence-electron chi connectivity index (χ0n) is 15.8. The van der Waals surface area contributed by atoms with E-state index in [1.807, 2.05) is 0 Å². The smallest absolute Gasteiger partial charge is 0.410 e. The van der Waals surface area contributed by atoms with E-state index in [-0.39, 0.29) is 18.3 Å². The van der Waals surface area contributed by atoms with Gasteiger partial charge in [0, 0.05) is 19.7 Å². The van der Waals surface area contributed by atoms with Crippen molar-refractivity contribution in [2.45, 2.75) is 45.3 Å². The predicted octanol–water partition coefficient (Wildman–Crippen LogP) is 3.06. The molecule has 1 unspecified atom stereocenters. The fourth-order valence-corrected chi connectivity index (χ4v) is 2.78. The first kappa shape index (κ1) is 20.0. The number of halogens is 1. The quantitative estimate of drug-likeness (QED) is 0.804. The lowest BCUT2D eigenvalue weighted by Crippen LogP contribution is -2.48. The summed E-state index contributed by atoms with van der Waals surface area (Å²) in [6, 6.07) is 5.35. The van der Waals surface area contributed by atoms with Crippen molar-refractivity contribution < 1.29 is 23.5 Å². The van der Waals surface area contributed by atoms with Gasteiger partial charge < -0.3 is 14.4 Å². The van der Waals surface area contributed by atoms with Crippen LogP contribution in [-0.4, -0.2) is 60.2 Å². The number of carbonyl (C=O) groups is 2. The molecule has 7 heteroatoms. The number of hydrogen-bond acceptors (Lipinski definition) is 4. The SMILES string of the molecule is CN(CCOc1cccc(F)c1)C(=O)C1CCCN1C(=O)OC(C)(C)C. The van der Waals surface area contributed by atoms with Gasteiger partial charge in [-0.15, -0.1) is 0 Å². The molecule has 1 saturated heterocycles. The second-order valence-electron chi connectivity index (χ2n) is 7.40. The van der Waals surface area contributed by atoms with Gasteiger partial charge in [0.25, 0.3) is 0 Å². The topological polar surface area (TPSA) is 59.1 Å². The van der Waals surface area contributed by atoms with Crippen molar-refractivity contribution in [3.8, 4) is 5.75 Å². The number of ether oxygens (including phenoxy) is 2. The summed E-state index contributed by atoms with van der Waals surface area (Å²) in [6.07, 6.45) is 0.925. The normalized spacial score (nSPS) is 17.1. The number of benzene rings is 1. The van der Waals surface area contributed by atoms with E-state index in [0.29, 0.717) is 25.3 Å². The van der Waals surface area contributed by atoms with E-state index in [4.69, 9.17) is 9.47 Å². The lowest BCUT2D eigenvalue weighted by molar-refractivity contribution is -0.134. The molecule has 1 aromatic carbocycles. The van der Waals surface area contributed by atoms with Crippen LogP contribution in [0.5, 0.6) is 5.75 Å². The van der Waals surface area contributed by atoms with Gasteiger partial charge in [-0.2, -0.15) is 0 Å². The molecule has 1 fully saturated rings. The molecule has 6 nitrogen and oxygen atoms in total. The molecular weight excluding hydrogens is 339 g/mol. The molecule has 2 rings (SSSR count). The Balaban J connectivity index is 1.87. The molecule has 2 amide bonds. The molecule has 26 heavy (non-hydrogen) atoms. The fraction of sp³-hybridized carbons (Fsp3) is 0.579. The predicted molar refractivity (Wildman–Crippen MR) is 95.5 cm³/mol. The molecule has 0 bridgehead atoms. The Bertz CT molecular complexity index is 645. The van der Waals surface area contributed by atoms with Crippen molar-refractivity contribution in [1.29, 1.82) is 0 Å².